The Labute approximate surface area is 122 Å². The van der Waals surface area contributed by atoms with Gasteiger partial charge in [-0.15, -0.1) is 0 Å². The molecule has 0 unspecified atom stereocenters. The lowest BCUT2D eigenvalue weighted by molar-refractivity contribution is 0.594. The highest BCUT2D eigenvalue weighted by Crippen LogP contribution is 2.21. The molecule has 19 heavy (non-hydrogen) atoms. The van der Waals surface area contributed by atoms with Crippen molar-refractivity contribution in [3.8, 4) is 0 Å². The average molecular weight is 365 g/mol. The molecular formula is C9H7BrClN5O2S. The van der Waals surface area contributed by atoms with Gasteiger partial charge in [-0.1, -0.05) is 11.6 Å². The average Bonchev–Trinajstić information content (AvgIpc) is 2.33. The van der Waals surface area contributed by atoms with Crippen molar-refractivity contribution in [1.29, 1.82) is 0 Å². The van der Waals surface area contributed by atoms with Crippen LogP contribution >= 0.6 is 27.5 Å². The van der Waals surface area contributed by atoms with E-state index in [4.69, 9.17) is 16.7 Å². The van der Waals surface area contributed by atoms with Gasteiger partial charge >= 0.3 is 0 Å². The van der Waals surface area contributed by atoms with Crippen LogP contribution in [-0.4, -0.2) is 23.4 Å². The minimum Gasteiger partial charge on any atom is -0.323 e. The number of hydrogen-bond acceptors (Lipinski definition) is 6. The number of halogens is 2. The smallest absolute Gasteiger partial charge is 0.255 e. The quantitative estimate of drug-likeness (QED) is 0.802. The Bertz CT molecular complexity index is 707. The Kier molecular flexibility index (Phi) is 3.99. The minimum atomic E-state index is -3.80. The lowest BCUT2D eigenvalue weighted by atomic mass is 10.4. The number of aromatic nitrogens is 3. The van der Waals surface area contributed by atoms with Gasteiger partial charge in [-0.2, -0.15) is 4.98 Å². The topological polar surface area (TPSA) is 111 Å². The van der Waals surface area contributed by atoms with E-state index in [0.717, 1.165) is 0 Å². The first-order chi connectivity index (χ1) is 8.86. The Morgan fingerprint density at radius 1 is 1.26 bits per heavy atom. The highest BCUT2D eigenvalue weighted by Gasteiger charge is 2.09. The molecule has 2 heterocycles. The van der Waals surface area contributed by atoms with Crippen LogP contribution in [0.2, 0.25) is 5.15 Å². The maximum absolute atomic E-state index is 11.0. The van der Waals surface area contributed by atoms with Crippen molar-refractivity contribution in [1.82, 2.24) is 15.0 Å². The van der Waals surface area contributed by atoms with E-state index < -0.39 is 10.0 Å². The summed E-state index contributed by atoms with van der Waals surface area (Å²) in [4.78, 5) is 11.7. The van der Waals surface area contributed by atoms with Crippen LogP contribution in [0.3, 0.4) is 0 Å². The normalized spacial score (nSPS) is 11.3. The Hall–Kier alpha value is -1.29. The lowest BCUT2D eigenvalue weighted by Crippen LogP contribution is -2.13. The summed E-state index contributed by atoms with van der Waals surface area (Å²) in [6.07, 6.45) is 2.79. The van der Waals surface area contributed by atoms with Crippen LogP contribution in [0.15, 0.2) is 34.0 Å². The zero-order chi connectivity index (χ0) is 14.0. The second-order valence-electron chi connectivity index (χ2n) is 3.39. The Balaban J connectivity index is 2.22. The summed E-state index contributed by atoms with van der Waals surface area (Å²) in [5.74, 6) is 0.262. The summed E-state index contributed by atoms with van der Waals surface area (Å²) in [6.45, 7) is 0. The molecule has 0 amide bonds. The molecule has 0 spiro atoms. The second-order valence-corrected chi connectivity index (χ2v) is 6.11. The van der Waals surface area contributed by atoms with E-state index in [0.29, 0.717) is 10.2 Å². The molecule has 0 fully saturated rings. The van der Waals surface area contributed by atoms with Gasteiger partial charge in [0, 0.05) is 6.20 Å². The largest absolute Gasteiger partial charge is 0.323 e. The second kappa shape index (κ2) is 5.37. The van der Waals surface area contributed by atoms with Gasteiger partial charge in [-0.3, -0.25) is 0 Å². The van der Waals surface area contributed by atoms with Crippen molar-refractivity contribution in [3.63, 3.8) is 0 Å². The van der Waals surface area contributed by atoms with Crippen molar-refractivity contribution in [2.45, 2.75) is 5.03 Å². The third-order valence-corrected chi connectivity index (χ3v) is 3.91. The Morgan fingerprint density at radius 2 is 2.00 bits per heavy atom. The number of nitrogens with zero attached hydrogens (tertiary/aromatic N) is 3. The SMILES string of the molecule is NS(=O)(=O)c1ccc(Nc2ncc(Br)c(Cl)n2)cn1. The lowest BCUT2D eigenvalue weighted by Gasteiger charge is -2.05. The monoisotopic (exact) mass is 363 g/mol. The van der Waals surface area contributed by atoms with Crippen molar-refractivity contribution in [2.24, 2.45) is 5.14 Å². The predicted octanol–water partition coefficient (Wildman–Crippen LogP) is 1.68. The van der Waals surface area contributed by atoms with Crippen molar-refractivity contribution in [2.75, 3.05) is 5.32 Å². The molecule has 0 saturated heterocycles. The first-order valence-electron chi connectivity index (χ1n) is 4.80. The van der Waals surface area contributed by atoms with E-state index >= 15 is 0 Å². The molecule has 2 aromatic rings. The number of primary sulfonamides is 1. The summed E-state index contributed by atoms with van der Waals surface area (Å²) in [6, 6.07) is 2.77. The molecule has 0 radical (unpaired) electrons. The van der Waals surface area contributed by atoms with E-state index in [2.05, 4.69) is 36.2 Å². The summed E-state index contributed by atoms with van der Waals surface area (Å²) in [5, 5.41) is 7.80. The number of hydrogen-bond donors (Lipinski definition) is 2. The summed E-state index contributed by atoms with van der Waals surface area (Å²) in [7, 11) is -3.80. The van der Waals surface area contributed by atoms with Gasteiger partial charge in [0.2, 0.25) is 5.95 Å². The minimum absolute atomic E-state index is 0.215. The van der Waals surface area contributed by atoms with Crippen LogP contribution in [0.25, 0.3) is 0 Å². The molecule has 7 nitrogen and oxygen atoms in total. The molecule has 0 bridgehead atoms. The van der Waals surface area contributed by atoms with Gasteiger partial charge in [0.1, 0.15) is 5.15 Å². The third kappa shape index (κ3) is 3.60. The van der Waals surface area contributed by atoms with Crippen LogP contribution in [0.4, 0.5) is 11.6 Å². The van der Waals surface area contributed by atoms with E-state index in [9.17, 15) is 8.42 Å². The van der Waals surface area contributed by atoms with Crippen molar-refractivity contribution < 1.29 is 8.42 Å². The van der Waals surface area contributed by atoms with Crippen LogP contribution in [0.1, 0.15) is 0 Å². The predicted molar refractivity (Wildman–Crippen MR) is 73.6 cm³/mol. The molecule has 100 valence electrons. The fraction of sp³-hybridized carbons (Fsp3) is 0. The van der Waals surface area contributed by atoms with Gasteiger partial charge in [-0.25, -0.2) is 23.5 Å². The van der Waals surface area contributed by atoms with E-state index in [1.54, 1.807) is 0 Å². The molecular weight excluding hydrogens is 358 g/mol. The highest BCUT2D eigenvalue weighted by atomic mass is 79.9. The fourth-order valence-electron chi connectivity index (χ4n) is 1.16. The maximum atomic E-state index is 11.0. The molecule has 0 aliphatic carbocycles. The first kappa shape index (κ1) is 14.1. The molecule has 0 aliphatic rings. The van der Waals surface area contributed by atoms with Gasteiger partial charge in [0.05, 0.1) is 16.4 Å². The molecule has 10 heteroatoms. The maximum Gasteiger partial charge on any atom is 0.255 e. The number of pyridine rings is 1. The summed E-state index contributed by atoms with van der Waals surface area (Å²) >= 11 is 8.98. The number of nitrogens with two attached hydrogens (primary N) is 1. The molecule has 0 aliphatic heterocycles. The molecule has 0 aromatic carbocycles. The molecule has 2 rings (SSSR count). The summed E-state index contributed by atoms with van der Waals surface area (Å²) < 4.78 is 22.6. The van der Waals surface area contributed by atoms with E-state index in [-0.39, 0.29) is 16.1 Å². The van der Waals surface area contributed by atoms with E-state index in [1.165, 1.54) is 24.5 Å². The number of sulfonamides is 1. The van der Waals surface area contributed by atoms with E-state index in [1.807, 2.05) is 0 Å². The fourth-order valence-corrected chi connectivity index (χ4v) is 1.94. The summed E-state index contributed by atoms with van der Waals surface area (Å²) in [5.41, 5.74) is 0.505. The standard InChI is InChI=1S/C9H7BrClN5O2S/c10-6-4-14-9(16-8(6)11)15-5-1-2-7(13-3-5)19(12,17)18/h1-4H,(H2,12,17,18)(H,14,15,16). The van der Waals surface area contributed by atoms with Gasteiger partial charge < -0.3 is 5.32 Å². The first-order valence-corrected chi connectivity index (χ1v) is 7.52. The molecule has 0 saturated carbocycles. The van der Waals surface area contributed by atoms with Crippen molar-refractivity contribution in [3.05, 3.63) is 34.2 Å². The third-order valence-electron chi connectivity index (χ3n) is 1.99. The number of rotatable bonds is 3. The van der Waals surface area contributed by atoms with Crippen molar-refractivity contribution >= 4 is 49.2 Å². The van der Waals surface area contributed by atoms with Crippen LogP contribution in [-0.2, 0) is 10.0 Å². The van der Waals surface area contributed by atoms with Crippen LogP contribution in [0, 0.1) is 0 Å². The van der Waals surface area contributed by atoms with Gasteiger partial charge in [0.25, 0.3) is 10.0 Å². The molecule has 2 aromatic heterocycles. The number of anilines is 2. The van der Waals surface area contributed by atoms with Gasteiger partial charge in [0.15, 0.2) is 5.03 Å². The Morgan fingerprint density at radius 3 is 2.53 bits per heavy atom. The number of nitrogens with one attached hydrogen (secondary N) is 1. The van der Waals surface area contributed by atoms with Crippen LogP contribution in [0.5, 0.6) is 0 Å². The zero-order valence-corrected chi connectivity index (χ0v) is 12.4. The molecule has 3 N–H and O–H groups in total. The van der Waals surface area contributed by atoms with Gasteiger partial charge in [-0.05, 0) is 28.1 Å². The zero-order valence-electron chi connectivity index (χ0n) is 9.21. The molecule has 0 atom stereocenters. The highest BCUT2D eigenvalue weighted by molar-refractivity contribution is 9.10. The van der Waals surface area contributed by atoms with Crippen LogP contribution < -0.4 is 10.5 Å².